The van der Waals surface area contributed by atoms with E-state index in [4.69, 9.17) is 9.47 Å². The molecule has 0 bridgehead atoms. The Hall–Kier alpha value is -4.00. The number of methoxy groups -OCH3 is 1. The van der Waals surface area contributed by atoms with Crippen LogP contribution in [0.1, 0.15) is 6.42 Å². The van der Waals surface area contributed by atoms with Crippen molar-refractivity contribution < 1.29 is 14.3 Å². The minimum atomic E-state index is -0.168. The fourth-order valence-electron chi connectivity index (χ4n) is 3.45. The van der Waals surface area contributed by atoms with E-state index in [0.717, 1.165) is 11.0 Å². The standard InChI is InChI=1S/C24H23N3O4/c1-26-19-7-3-4-8-20(19)27(24(26)29)16-15-23(28)25-17-11-13-18(14-12-17)31-22-10-6-5-9-21(22)30-2/h3-14H,15-16H2,1-2H3,(H,25,28). The summed E-state index contributed by atoms with van der Waals surface area (Å²) in [6, 6.07) is 22.0. The van der Waals surface area contributed by atoms with Crippen LogP contribution >= 0.6 is 0 Å². The Balaban J connectivity index is 1.38. The Bertz CT molecular complexity index is 1270. The van der Waals surface area contributed by atoms with Gasteiger partial charge in [-0.3, -0.25) is 13.9 Å². The fourth-order valence-corrected chi connectivity index (χ4v) is 3.45. The number of anilines is 1. The second kappa shape index (κ2) is 8.79. The average molecular weight is 417 g/mol. The quantitative estimate of drug-likeness (QED) is 0.490. The van der Waals surface area contributed by atoms with Crippen LogP contribution in [0.15, 0.2) is 77.6 Å². The van der Waals surface area contributed by atoms with E-state index in [0.29, 0.717) is 29.5 Å². The highest BCUT2D eigenvalue weighted by Gasteiger charge is 2.12. The van der Waals surface area contributed by atoms with E-state index in [1.807, 2.05) is 48.5 Å². The van der Waals surface area contributed by atoms with Crippen LogP contribution in [-0.2, 0) is 18.4 Å². The van der Waals surface area contributed by atoms with Gasteiger partial charge in [-0.25, -0.2) is 4.79 Å². The smallest absolute Gasteiger partial charge is 0.328 e. The lowest BCUT2D eigenvalue weighted by molar-refractivity contribution is -0.116. The second-order valence-corrected chi connectivity index (χ2v) is 7.06. The molecule has 3 aromatic carbocycles. The van der Waals surface area contributed by atoms with Crippen LogP contribution in [-0.4, -0.2) is 22.2 Å². The van der Waals surface area contributed by atoms with Gasteiger partial charge in [-0.2, -0.15) is 0 Å². The number of hydrogen-bond donors (Lipinski definition) is 1. The molecular formula is C24H23N3O4. The number of fused-ring (bicyclic) bond motifs is 1. The molecule has 1 heterocycles. The third-order valence-electron chi connectivity index (χ3n) is 5.05. The van der Waals surface area contributed by atoms with Crippen LogP contribution < -0.4 is 20.5 Å². The number of nitrogens with one attached hydrogen (secondary N) is 1. The van der Waals surface area contributed by atoms with Gasteiger partial charge in [0, 0.05) is 25.7 Å². The van der Waals surface area contributed by atoms with Crippen LogP contribution in [0, 0.1) is 0 Å². The molecule has 1 aromatic heterocycles. The molecule has 7 nitrogen and oxygen atoms in total. The summed E-state index contributed by atoms with van der Waals surface area (Å²) < 4.78 is 14.3. The van der Waals surface area contributed by atoms with Crippen molar-refractivity contribution in [2.24, 2.45) is 7.05 Å². The molecule has 4 rings (SSSR count). The molecule has 1 N–H and O–H groups in total. The Morgan fingerprint density at radius 2 is 1.55 bits per heavy atom. The van der Waals surface area contributed by atoms with Gasteiger partial charge in [-0.15, -0.1) is 0 Å². The number of aromatic nitrogens is 2. The van der Waals surface area contributed by atoms with Crippen molar-refractivity contribution >= 4 is 22.6 Å². The summed E-state index contributed by atoms with van der Waals surface area (Å²) in [7, 11) is 3.32. The van der Waals surface area contributed by atoms with Gasteiger partial charge in [0.25, 0.3) is 0 Å². The van der Waals surface area contributed by atoms with Gasteiger partial charge in [0.15, 0.2) is 11.5 Å². The van der Waals surface area contributed by atoms with E-state index in [1.54, 1.807) is 47.6 Å². The highest BCUT2D eigenvalue weighted by atomic mass is 16.5. The van der Waals surface area contributed by atoms with E-state index >= 15 is 0 Å². The predicted molar refractivity (Wildman–Crippen MR) is 120 cm³/mol. The zero-order chi connectivity index (χ0) is 21.8. The van der Waals surface area contributed by atoms with Crippen molar-refractivity contribution in [3.05, 3.63) is 83.3 Å². The number of para-hydroxylation sites is 4. The zero-order valence-corrected chi connectivity index (χ0v) is 17.4. The maximum absolute atomic E-state index is 12.5. The third kappa shape index (κ3) is 4.30. The highest BCUT2D eigenvalue weighted by Crippen LogP contribution is 2.31. The molecule has 0 saturated carbocycles. The van der Waals surface area contributed by atoms with Crippen LogP contribution in [0.4, 0.5) is 5.69 Å². The molecule has 0 unspecified atom stereocenters. The first kappa shape index (κ1) is 20.3. The van der Waals surface area contributed by atoms with Gasteiger partial charge in [0.2, 0.25) is 5.91 Å². The van der Waals surface area contributed by atoms with E-state index < -0.39 is 0 Å². The lowest BCUT2D eigenvalue weighted by Crippen LogP contribution is -2.24. The Kier molecular flexibility index (Phi) is 5.75. The number of amides is 1. The molecule has 31 heavy (non-hydrogen) atoms. The molecule has 0 fully saturated rings. The number of rotatable bonds is 7. The number of benzene rings is 3. The maximum atomic E-state index is 12.5. The largest absolute Gasteiger partial charge is 0.493 e. The molecule has 7 heteroatoms. The summed E-state index contributed by atoms with van der Waals surface area (Å²) in [5, 5.41) is 2.86. The van der Waals surface area contributed by atoms with Crippen molar-refractivity contribution in [1.82, 2.24) is 9.13 Å². The monoisotopic (exact) mass is 417 g/mol. The van der Waals surface area contributed by atoms with Crippen molar-refractivity contribution in [2.45, 2.75) is 13.0 Å². The summed E-state index contributed by atoms with van der Waals surface area (Å²) in [5.74, 6) is 1.72. The summed E-state index contributed by atoms with van der Waals surface area (Å²) in [4.78, 5) is 24.9. The van der Waals surface area contributed by atoms with Gasteiger partial charge < -0.3 is 14.8 Å². The summed E-state index contributed by atoms with van der Waals surface area (Å²) in [6.45, 7) is 0.307. The van der Waals surface area contributed by atoms with E-state index in [9.17, 15) is 9.59 Å². The number of aryl methyl sites for hydroxylation is 2. The third-order valence-corrected chi connectivity index (χ3v) is 5.05. The fraction of sp³-hybridized carbons (Fsp3) is 0.167. The van der Waals surface area contributed by atoms with Crippen molar-refractivity contribution in [1.29, 1.82) is 0 Å². The van der Waals surface area contributed by atoms with E-state index in [2.05, 4.69) is 5.32 Å². The van der Waals surface area contributed by atoms with Crippen LogP contribution in [0.3, 0.4) is 0 Å². The average Bonchev–Trinajstić information content (AvgIpc) is 3.04. The number of carbonyl (C=O) groups excluding carboxylic acids is 1. The number of hydrogen-bond acceptors (Lipinski definition) is 4. The Labute approximate surface area is 179 Å². The van der Waals surface area contributed by atoms with Gasteiger partial charge >= 0.3 is 5.69 Å². The van der Waals surface area contributed by atoms with Gasteiger partial charge in [0.1, 0.15) is 5.75 Å². The topological polar surface area (TPSA) is 74.5 Å². The normalized spacial score (nSPS) is 10.8. The Morgan fingerprint density at radius 1 is 0.903 bits per heavy atom. The highest BCUT2D eigenvalue weighted by molar-refractivity contribution is 5.90. The SMILES string of the molecule is COc1ccccc1Oc1ccc(NC(=O)CCn2c(=O)n(C)c3ccccc32)cc1. The Morgan fingerprint density at radius 3 is 2.26 bits per heavy atom. The van der Waals surface area contributed by atoms with Gasteiger partial charge in [-0.05, 0) is 48.5 Å². The van der Waals surface area contributed by atoms with Crippen molar-refractivity contribution in [2.75, 3.05) is 12.4 Å². The van der Waals surface area contributed by atoms with Crippen LogP contribution in [0.2, 0.25) is 0 Å². The predicted octanol–water partition coefficient (Wildman–Crippen LogP) is 4.17. The molecule has 0 saturated heterocycles. The van der Waals surface area contributed by atoms with Crippen molar-refractivity contribution in [3.8, 4) is 17.2 Å². The van der Waals surface area contributed by atoms with E-state index in [1.165, 1.54) is 0 Å². The first-order valence-corrected chi connectivity index (χ1v) is 9.92. The minimum absolute atomic E-state index is 0.133. The molecule has 0 aliphatic heterocycles. The molecule has 0 radical (unpaired) electrons. The molecule has 0 atom stereocenters. The molecule has 0 aliphatic carbocycles. The zero-order valence-electron chi connectivity index (χ0n) is 17.4. The molecular weight excluding hydrogens is 394 g/mol. The molecule has 1 amide bonds. The minimum Gasteiger partial charge on any atom is -0.493 e. The second-order valence-electron chi connectivity index (χ2n) is 7.06. The van der Waals surface area contributed by atoms with Crippen LogP contribution in [0.5, 0.6) is 17.2 Å². The summed E-state index contributed by atoms with van der Waals surface area (Å²) >= 11 is 0. The summed E-state index contributed by atoms with van der Waals surface area (Å²) in [5.41, 5.74) is 2.19. The molecule has 0 aliphatic rings. The number of nitrogens with zero attached hydrogens (tertiary/aromatic N) is 2. The number of carbonyl (C=O) groups is 1. The first-order valence-electron chi connectivity index (χ1n) is 9.92. The molecule has 0 spiro atoms. The maximum Gasteiger partial charge on any atom is 0.328 e. The lowest BCUT2D eigenvalue weighted by atomic mass is 10.2. The number of ether oxygens (including phenoxy) is 2. The molecule has 158 valence electrons. The lowest BCUT2D eigenvalue weighted by Gasteiger charge is -2.11. The first-order chi connectivity index (χ1) is 15.1. The van der Waals surface area contributed by atoms with Gasteiger partial charge in [0.05, 0.1) is 18.1 Å². The van der Waals surface area contributed by atoms with E-state index in [-0.39, 0.29) is 18.0 Å². The van der Waals surface area contributed by atoms with Gasteiger partial charge in [-0.1, -0.05) is 24.3 Å². The van der Waals surface area contributed by atoms with Crippen LogP contribution in [0.25, 0.3) is 11.0 Å². The molecule has 4 aromatic rings. The summed E-state index contributed by atoms with van der Waals surface area (Å²) in [6.07, 6.45) is 0.188. The number of imidazole rings is 1. The van der Waals surface area contributed by atoms with Crippen molar-refractivity contribution in [3.63, 3.8) is 0 Å².